The second kappa shape index (κ2) is 13.0. The highest BCUT2D eigenvalue weighted by atomic mass is 16.5. The number of carbonyl (C=O) groups excluding carboxylic acids is 2. The molecule has 0 radical (unpaired) electrons. The Balaban J connectivity index is 1.21. The van der Waals surface area contributed by atoms with E-state index in [4.69, 9.17) is 4.74 Å². The van der Waals surface area contributed by atoms with Gasteiger partial charge < -0.3 is 15.0 Å². The number of ether oxygens (including phenoxy) is 1. The monoisotopic (exact) mass is 532 g/mol. The van der Waals surface area contributed by atoms with Gasteiger partial charge in [0.25, 0.3) is 11.8 Å². The fourth-order valence-corrected chi connectivity index (χ4v) is 6.89. The number of fused-ring (bicyclic) bond motifs is 2. The summed E-state index contributed by atoms with van der Waals surface area (Å²) in [4.78, 5) is 28.2. The first-order valence-electron chi connectivity index (χ1n) is 15.1. The smallest absolute Gasteiger partial charge is 0.255 e. The molecule has 5 nitrogen and oxygen atoms in total. The molecule has 2 aromatic carbocycles. The summed E-state index contributed by atoms with van der Waals surface area (Å²) >= 11 is 0. The van der Waals surface area contributed by atoms with Gasteiger partial charge in [0.15, 0.2) is 0 Å². The number of anilines is 1. The van der Waals surface area contributed by atoms with Gasteiger partial charge in [-0.2, -0.15) is 0 Å². The maximum atomic E-state index is 13.3. The van der Waals surface area contributed by atoms with Crippen LogP contribution in [0.1, 0.15) is 119 Å². The zero-order valence-corrected chi connectivity index (χ0v) is 24.6. The average Bonchev–Trinajstić information content (AvgIpc) is 3.16. The molecule has 1 saturated carbocycles. The highest BCUT2D eigenvalue weighted by molar-refractivity contribution is 6.04. The molecule has 212 valence electrons. The quantitative estimate of drug-likeness (QED) is 0.263. The number of hydrogen-bond donors (Lipinski definition) is 1. The molecule has 39 heavy (non-hydrogen) atoms. The van der Waals surface area contributed by atoms with Gasteiger partial charge in [0.05, 0.1) is 6.61 Å². The summed E-state index contributed by atoms with van der Waals surface area (Å²) < 4.78 is 5.86. The predicted octanol–water partition coefficient (Wildman–Crippen LogP) is 8.50. The van der Waals surface area contributed by atoms with Gasteiger partial charge >= 0.3 is 0 Å². The highest BCUT2D eigenvalue weighted by Gasteiger charge is 2.51. The average molecular weight is 533 g/mol. The van der Waals surface area contributed by atoms with E-state index in [2.05, 4.69) is 37.9 Å². The molecule has 2 unspecified atom stereocenters. The molecule has 1 aliphatic carbocycles. The number of likely N-dealkylation sites (tertiary alicyclic amines) is 1. The zero-order valence-electron chi connectivity index (χ0n) is 24.6. The second-order valence-corrected chi connectivity index (χ2v) is 13.0. The lowest BCUT2D eigenvalue weighted by Gasteiger charge is -2.39. The molecule has 0 aromatic heterocycles. The molecule has 2 bridgehead atoms. The van der Waals surface area contributed by atoms with Crippen molar-refractivity contribution < 1.29 is 14.3 Å². The van der Waals surface area contributed by atoms with Gasteiger partial charge in [-0.15, -0.1) is 0 Å². The number of nitrogens with zero attached hydrogens (tertiary/aromatic N) is 1. The molecule has 4 rings (SSSR count). The molecule has 2 aliphatic rings. The normalized spacial score (nSPS) is 21.5. The van der Waals surface area contributed by atoms with E-state index in [0.29, 0.717) is 29.5 Å². The van der Waals surface area contributed by atoms with Crippen LogP contribution in [0.2, 0.25) is 0 Å². The number of nitrogens with one attached hydrogen (secondary N) is 1. The Kier molecular flexibility index (Phi) is 9.74. The van der Waals surface area contributed by atoms with Crippen LogP contribution in [0.15, 0.2) is 48.5 Å². The molecule has 2 aromatic rings. The molecule has 1 saturated heterocycles. The number of unbranched alkanes of at least 4 members (excludes halogenated alkanes) is 7. The van der Waals surface area contributed by atoms with E-state index in [0.717, 1.165) is 38.0 Å². The first-order valence-corrected chi connectivity index (χ1v) is 15.1. The Bertz CT molecular complexity index is 1090. The minimum absolute atomic E-state index is 0.0989. The molecule has 2 atom stereocenters. The van der Waals surface area contributed by atoms with Crippen molar-refractivity contribution in [2.45, 2.75) is 104 Å². The van der Waals surface area contributed by atoms with Crippen LogP contribution >= 0.6 is 0 Å². The fourth-order valence-electron chi connectivity index (χ4n) is 6.89. The SMILES string of the molecule is CCCCCCCCCCOc1ccc(C(=O)Nc2ccc(C(=O)N3CC4(C)CC3CC(C)(C)C4)cc2)cc1. The summed E-state index contributed by atoms with van der Waals surface area (Å²) in [6.07, 6.45) is 13.5. The van der Waals surface area contributed by atoms with E-state index in [9.17, 15) is 9.59 Å². The first-order chi connectivity index (χ1) is 18.7. The van der Waals surface area contributed by atoms with Gasteiger partial charge in [-0.05, 0) is 85.0 Å². The lowest BCUT2D eigenvalue weighted by atomic mass is 9.65. The summed E-state index contributed by atoms with van der Waals surface area (Å²) in [5.41, 5.74) is 2.43. The van der Waals surface area contributed by atoms with Crippen molar-refractivity contribution >= 4 is 17.5 Å². The van der Waals surface area contributed by atoms with Crippen molar-refractivity contribution in [3.05, 3.63) is 59.7 Å². The summed E-state index contributed by atoms with van der Waals surface area (Å²) in [5, 5.41) is 2.95. The van der Waals surface area contributed by atoms with E-state index in [-0.39, 0.29) is 22.6 Å². The first kappa shape index (κ1) is 29.2. The van der Waals surface area contributed by atoms with Crippen LogP contribution in [0.4, 0.5) is 5.69 Å². The van der Waals surface area contributed by atoms with Crippen LogP contribution in [0.25, 0.3) is 0 Å². The minimum Gasteiger partial charge on any atom is -0.494 e. The van der Waals surface area contributed by atoms with Gasteiger partial charge in [-0.25, -0.2) is 0 Å². The predicted molar refractivity (Wildman–Crippen MR) is 160 cm³/mol. The van der Waals surface area contributed by atoms with Gasteiger partial charge in [0, 0.05) is 29.4 Å². The fraction of sp³-hybridized carbons (Fsp3) is 0.588. The van der Waals surface area contributed by atoms with Crippen LogP contribution in [-0.2, 0) is 0 Å². The highest BCUT2D eigenvalue weighted by Crippen LogP contribution is 2.52. The second-order valence-electron chi connectivity index (χ2n) is 13.0. The number of amides is 2. The number of hydrogen-bond acceptors (Lipinski definition) is 3. The van der Waals surface area contributed by atoms with Crippen LogP contribution in [0.3, 0.4) is 0 Å². The maximum absolute atomic E-state index is 13.3. The Labute approximate surface area is 235 Å². The van der Waals surface area contributed by atoms with Crippen LogP contribution in [-0.4, -0.2) is 35.9 Å². The Morgan fingerprint density at radius 2 is 1.46 bits per heavy atom. The molecule has 1 N–H and O–H groups in total. The third-order valence-electron chi connectivity index (χ3n) is 8.45. The van der Waals surface area contributed by atoms with Crippen molar-refractivity contribution in [2.24, 2.45) is 10.8 Å². The van der Waals surface area contributed by atoms with Crippen molar-refractivity contribution in [3.63, 3.8) is 0 Å². The van der Waals surface area contributed by atoms with Gasteiger partial charge in [-0.3, -0.25) is 9.59 Å². The Morgan fingerprint density at radius 3 is 2.13 bits per heavy atom. The Morgan fingerprint density at radius 1 is 0.846 bits per heavy atom. The number of carbonyl (C=O) groups is 2. The van der Waals surface area contributed by atoms with E-state index >= 15 is 0 Å². The van der Waals surface area contributed by atoms with E-state index < -0.39 is 0 Å². The van der Waals surface area contributed by atoms with Crippen LogP contribution in [0.5, 0.6) is 5.75 Å². The van der Waals surface area contributed by atoms with Gasteiger partial charge in [0.1, 0.15) is 5.75 Å². The molecule has 0 spiro atoms. The Hall–Kier alpha value is -2.82. The topological polar surface area (TPSA) is 58.6 Å². The summed E-state index contributed by atoms with van der Waals surface area (Å²) in [6, 6.07) is 14.9. The third-order valence-corrected chi connectivity index (χ3v) is 8.45. The minimum atomic E-state index is -0.174. The van der Waals surface area contributed by atoms with Crippen molar-refractivity contribution in [1.29, 1.82) is 0 Å². The van der Waals surface area contributed by atoms with Crippen LogP contribution in [0, 0.1) is 10.8 Å². The summed E-state index contributed by atoms with van der Waals surface area (Å²) in [6.45, 7) is 10.8. The number of rotatable bonds is 13. The molecular weight excluding hydrogens is 484 g/mol. The van der Waals surface area contributed by atoms with E-state index in [1.165, 1.54) is 44.9 Å². The van der Waals surface area contributed by atoms with Gasteiger partial charge in [-0.1, -0.05) is 72.6 Å². The summed E-state index contributed by atoms with van der Waals surface area (Å²) in [5.74, 6) is 0.718. The van der Waals surface area contributed by atoms with Crippen molar-refractivity contribution in [2.75, 3.05) is 18.5 Å². The third kappa shape index (κ3) is 8.09. The molecule has 2 fully saturated rings. The van der Waals surface area contributed by atoms with Crippen molar-refractivity contribution in [1.82, 2.24) is 4.90 Å². The van der Waals surface area contributed by atoms with Crippen LogP contribution < -0.4 is 10.1 Å². The maximum Gasteiger partial charge on any atom is 0.255 e. The van der Waals surface area contributed by atoms with E-state index in [1.54, 1.807) is 12.1 Å². The molecule has 5 heteroatoms. The standard InChI is InChI=1S/C34H48N2O3/c1-5-6-7-8-9-10-11-12-21-39-30-19-15-26(16-20-30)31(37)35-28-17-13-27(14-18-28)32(38)36-25-34(4)23-29(36)22-33(2,3)24-34/h13-20,29H,5-12,21-25H2,1-4H3,(H,35,37). The lowest BCUT2D eigenvalue weighted by molar-refractivity contribution is 0.0708. The molecule has 2 amide bonds. The molecule has 1 aliphatic heterocycles. The largest absolute Gasteiger partial charge is 0.494 e. The van der Waals surface area contributed by atoms with Gasteiger partial charge in [0.2, 0.25) is 0 Å². The summed E-state index contributed by atoms with van der Waals surface area (Å²) in [7, 11) is 0. The zero-order chi connectivity index (χ0) is 27.9. The molecule has 1 heterocycles. The van der Waals surface area contributed by atoms with E-state index in [1.807, 2.05) is 36.4 Å². The lowest BCUT2D eigenvalue weighted by Crippen LogP contribution is -2.37. The molecular formula is C34H48N2O3. The number of benzene rings is 2. The van der Waals surface area contributed by atoms with Crippen molar-refractivity contribution in [3.8, 4) is 5.75 Å².